The molecule has 0 bridgehead atoms. The first-order chi connectivity index (χ1) is 10.4. The lowest BCUT2D eigenvalue weighted by Crippen LogP contribution is -2.45. The van der Waals surface area contributed by atoms with E-state index in [2.05, 4.69) is 10.3 Å². The summed E-state index contributed by atoms with van der Waals surface area (Å²) in [6.07, 6.45) is 0.530. The third-order valence-corrected chi connectivity index (χ3v) is 4.07. The van der Waals surface area contributed by atoms with Crippen molar-refractivity contribution in [1.29, 1.82) is 0 Å². The number of benzene rings is 1. The Kier molecular flexibility index (Phi) is 5.19. The fourth-order valence-electron chi connectivity index (χ4n) is 2.37. The molecule has 0 saturated carbocycles. The van der Waals surface area contributed by atoms with Gasteiger partial charge in [0.05, 0.1) is 12.1 Å². The standard InChI is InChI=1S/C16H19ClN2O3/c1-4-9(2)22-15(20)13-10(3)18-16(21)19-14(13)11-7-5-6-8-12(11)17/h5-9,13-14H,4H2,1-3H3,(H,19,21). The number of hydrogen-bond acceptors (Lipinski definition) is 3. The summed E-state index contributed by atoms with van der Waals surface area (Å²) in [4.78, 5) is 28.0. The Morgan fingerprint density at radius 1 is 1.45 bits per heavy atom. The van der Waals surface area contributed by atoms with Crippen molar-refractivity contribution in [2.45, 2.75) is 39.3 Å². The number of rotatable bonds is 4. The van der Waals surface area contributed by atoms with Crippen LogP contribution >= 0.6 is 11.6 Å². The summed E-state index contributed by atoms with van der Waals surface area (Å²) in [6.45, 7) is 5.43. The highest BCUT2D eigenvalue weighted by molar-refractivity contribution is 6.31. The molecule has 0 fully saturated rings. The minimum Gasteiger partial charge on any atom is -0.462 e. The Morgan fingerprint density at radius 3 is 2.77 bits per heavy atom. The van der Waals surface area contributed by atoms with Gasteiger partial charge in [-0.3, -0.25) is 4.79 Å². The maximum atomic E-state index is 12.5. The zero-order valence-electron chi connectivity index (χ0n) is 12.8. The maximum absolute atomic E-state index is 12.5. The van der Waals surface area contributed by atoms with Crippen molar-refractivity contribution >= 4 is 29.3 Å². The molecule has 0 saturated heterocycles. The van der Waals surface area contributed by atoms with Gasteiger partial charge in [0.25, 0.3) is 0 Å². The number of ether oxygens (including phenoxy) is 1. The molecule has 5 nitrogen and oxygen atoms in total. The number of amides is 2. The van der Waals surface area contributed by atoms with Gasteiger partial charge in [-0.05, 0) is 31.9 Å². The van der Waals surface area contributed by atoms with Gasteiger partial charge in [0.15, 0.2) is 0 Å². The first-order valence-electron chi connectivity index (χ1n) is 7.24. The minimum atomic E-state index is -0.674. The average molecular weight is 323 g/mol. The van der Waals surface area contributed by atoms with Crippen molar-refractivity contribution in [3.8, 4) is 0 Å². The average Bonchev–Trinajstić information content (AvgIpc) is 2.46. The van der Waals surface area contributed by atoms with Crippen molar-refractivity contribution in [3.63, 3.8) is 0 Å². The number of esters is 1. The predicted octanol–water partition coefficient (Wildman–Crippen LogP) is 3.52. The minimum absolute atomic E-state index is 0.190. The molecule has 3 unspecified atom stereocenters. The lowest BCUT2D eigenvalue weighted by Gasteiger charge is -2.31. The van der Waals surface area contributed by atoms with Crippen LogP contribution in [0.1, 0.15) is 38.8 Å². The SMILES string of the molecule is CCC(C)OC(=O)C1C(C)=NC(=O)NC1c1ccccc1Cl. The van der Waals surface area contributed by atoms with E-state index in [-0.39, 0.29) is 6.10 Å². The third kappa shape index (κ3) is 3.47. The lowest BCUT2D eigenvalue weighted by atomic mass is 9.88. The van der Waals surface area contributed by atoms with Gasteiger partial charge in [0, 0.05) is 10.7 Å². The molecule has 0 aromatic heterocycles. The molecule has 1 N–H and O–H groups in total. The molecule has 1 heterocycles. The first kappa shape index (κ1) is 16.5. The molecule has 2 rings (SSSR count). The molecule has 1 aromatic carbocycles. The Balaban J connectivity index is 2.37. The van der Waals surface area contributed by atoms with E-state index in [4.69, 9.17) is 16.3 Å². The van der Waals surface area contributed by atoms with E-state index < -0.39 is 24.0 Å². The zero-order valence-corrected chi connectivity index (χ0v) is 13.6. The van der Waals surface area contributed by atoms with E-state index in [1.807, 2.05) is 19.9 Å². The van der Waals surface area contributed by atoms with Gasteiger partial charge >= 0.3 is 12.0 Å². The highest BCUT2D eigenvalue weighted by atomic mass is 35.5. The monoisotopic (exact) mass is 322 g/mol. The van der Waals surface area contributed by atoms with Gasteiger partial charge in [-0.1, -0.05) is 36.7 Å². The van der Waals surface area contributed by atoms with Crippen molar-refractivity contribution in [3.05, 3.63) is 34.9 Å². The molecule has 1 aromatic rings. The van der Waals surface area contributed by atoms with Crippen molar-refractivity contribution in [1.82, 2.24) is 5.32 Å². The number of nitrogens with one attached hydrogen (secondary N) is 1. The summed E-state index contributed by atoms with van der Waals surface area (Å²) in [5.41, 5.74) is 1.11. The Labute approximate surface area is 134 Å². The fraction of sp³-hybridized carbons (Fsp3) is 0.438. The molecular formula is C16H19ClN2O3. The second-order valence-electron chi connectivity index (χ2n) is 5.34. The van der Waals surface area contributed by atoms with Gasteiger partial charge in [-0.15, -0.1) is 0 Å². The molecule has 3 atom stereocenters. The normalized spacial score (nSPS) is 22.5. The van der Waals surface area contributed by atoms with E-state index >= 15 is 0 Å². The summed E-state index contributed by atoms with van der Waals surface area (Å²) >= 11 is 6.21. The number of nitrogens with zero attached hydrogens (tertiary/aromatic N) is 1. The van der Waals surface area contributed by atoms with E-state index in [0.717, 1.165) is 6.42 Å². The van der Waals surface area contributed by atoms with Crippen LogP contribution in [0.2, 0.25) is 5.02 Å². The van der Waals surface area contributed by atoms with E-state index in [1.165, 1.54) is 0 Å². The van der Waals surface area contributed by atoms with Gasteiger partial charge in [0.1, 0.15) is 5.92 Å². The van der Waals surface area contributed by atoms with E-state index in [0.29, 0.717) is 16.3 Å². The van der Waals surface area contributed by atoms with Crippen molar-refractivity contribution in [2.24, 2.45) is 10.9 Å². The van der Waals surface area contributed by atoms with Gasteiger partial charge in [-0.2, -0.15) is 0 Å². The van der Waals surface area contributed by atoms with Crippen LogP contribution in [0.3, 0.4) is 0 Å². The summed E-state index contributed by atoms with van der Waals surface area (Å²) < 4.78 is 5.42. The predicted molar refractivity (Wildman–Crippen MR) is 85.2 cm³/mol. The summed E-state index contributed by atoms with van der Waals surface area (Å²) in [5, 5.41) is 3.20. The number of urea groups is 1. The zero-order chi connectivity index (χ0) is 16.3. The van der Waals surface area contributed by atoms with Crippen molar-refractivity contribution < 1.29 is 14.3 Å². The number of aliphatic imine (C=N–C) groups is 1. The highest BCUT2D eigenvalue weighted by Crippen LogP contribution is 2.32. The highest BCUT2D eigenvalue weighted by Gasteiger charge is 2.39. The molecule has 1 aliphatic rings. The maximum Gasteiger partial charge on any atom is 0.341 e. The molecule has 118 valence electrons. The third-order valence-electron chi connectivity index (χ3n) is 3.73. The van der Waals surface area contributed by atoms with Gasteiger partial charge in [-0.25, -0.2) is 9.79 Å². The van der Waals surface area contributed by atoms with Crippen LogP contribution in [-0.2, 0) is 9.53 Å². The molecule has 0 radical (unpaired) electrons. The molecule has 0 aliphatic carbocycles. The molecule has 6 heteroatoms. The molecule has 22 heavy (non-hydrogen) atoms. The smallest absolute Gasteiger partial charge is 0.341 e. The first-order valence-corrected chi connectivity index (χ1v) is 7.62. The van der Waals surface area contributed by atoms with Crippen LogP contribution in [0.4, 0.5) is 4.79 Å². The second-order valence-corrected chi connectivity index (χ2v) is 5.74. The number of hydrogen-bond donors (Lipinski definition) is 1. The molecular weight excluding hydrogens is 304 g/mol. The molecule has 2 amide bonds. The summed E-state index contributed by atoms with van der Waals surface area (Å²) in [5.74, 6) is -1.08. The fourth-order valence-corrected chi connectivity index (χ4v) is 2.62. The Hall–Kier alpha value is -1.88. The van der Waals surface area contributed by atoms with Crippen LogP contribution < -0.4 is 5.32 Å². The quantitative estimate of drug-likeness (QED) is 0.862. The molecule has 1 aliphatic heterocycles. The topological polar surface area (TPSA) is 67.8 Å². The Morgan fingerprint density at radius 2 is 2.14 bits per heavy atom. The second kappa shape index (κ2) is 6.92. The van der Waals surface area contributed by atoms with Crippen LogP contribution in [0.5, 0.6) is 0 Å². The summed E-state index contributed by atoms with van der Waals surface area (Å²) in [7, 11) is 0. The largest absolute Gasteiger partial charge is 0.462 e. The van der Waals surface area contributed by atoms with Crippen molar-refractivity contribution in [2.75, 3.05) is 0 Å². The van der Waals surface area contributed by atoms with Gasteiger partial charge in [0.2, 0.25) is 0 Å². The van der Waals surface area contributed by atoms with E-state index in [9.17, 15) is 9.59 Å². The number of halogens is 1. The van der Waals surface area contributed by atoms with Crippen LogP contribution in [0.15, 0.2) is 29.3 Å². The van der Waals surface area contributed by atoms with Crippen LogP contribution in [0.25, 0.3) is 0 Å². The Bertz CT molecular complexity index is 615. The van der Waals surface area contributed by atoms with Crippen LogP contribution in [0, 0.1) is 5.92 Å². The summed E-state index contributed by atoms with van der Waals surface area (Å²) in [6, 6.07) is 6.07. The number of carbonyl (C=O) groups is 2. The lowest BCUT2D eigenvalue weighted by molar-refractivity contribution is -0.151. The number of carbonyl (C=O) groups excluding carboxylic acids is 2. The molecule has 0 spiro atoms. The van der Waals surface area contributed by atoms with E-state index in [1.54, 1.807) is 25.1 Å². The van der Waals surface area contributed by atoms with Gasteiger partial charge < -0.3 is 10.1 Å². The van der Waals surface area contributed by atoms with Crippen LogP contribution in [-0.4, -0.2) is 23.8 Å².